The van der Waals surface area contributed by atoms with Gasteiger partial charge in [0.2, 0.25) is 0 Å². The summed E-state index contributed by atoms with van der Waals surface area (Å²) >= 11 is 0. The van der Waals surface area contributed by atoms with Crippen molar-refractivity contribution in [2.75, 3.05) is 19.6 Å². The summed E-state index contributed by atoms with van der Waals surface area (Å²) in [6, 6.07) is 5.27. The molecule has 0 aromatic heterocycles. The highest BCUT2D eigenvalue weighted by molar-refractivity contribution is 5.85. The minimum absolute atomic E-state index is 0. The van der Waals surface area contributed by atoms with E-state index >= 15 is 0 Å². The van der Waals surface area contributed by atoms with Crippen LogP contribution in [-0.2, 0) is 4.79 Å². The van der Waals surface area contributed by atoms with Gasteiger partial charge in [-0.3, -0.25) is 4.79 Å². The molecule has 2 rings (SSSR count). The van der Waals surface area contributed by atoms with Crippen LogP contribution in [0.25, 0.3) is 0 Å². The third-order valence-corrected chi connectivity index (χ3v) is 2.68. The van der Waals surface area contributed by atoms with Crippen molar-refractivity contribution in [3.05, 3.63) is 23.8 Å². The van der Waals surface area contributed by atoms with Gasteiger partial charge in [0.1, 0.15) is 0 Å². The Bertz CT molecular complexity index is 420. The molecular formula is C12H17ClN2O3. The van der Waals surface area contributed by atoms with Gasteiger partial charge < -0.3 is 20.5 Å². The normalized spacial score (nSPS) is 18.8. The first-order chi connectivity index (χ1) is 8.16. The van der Waals surface area contributed by atoms with E-state index in [4.69, 9.17) is 4.74 Å². The fourth-order valence-electron chi connectivity index (χ4n) is 1.88. The van der Waals surface area contributed by atoms with Crippen molar-refractivity contribution in [1.82, 2.24) is 10.6 Å². The van der Waals surface area contributed by atoms with Crippen LogP contribution in [0.2, 0.25) is 0 Å². The summed E-state index contributed by atoms with van der Waals surface area (Å²) < 4.78 is 4.86. The van der Waals surface area contributed by atoms with Gasteiger partial charge in [0, 0.05) is 32.6 Å². The lowest BCUT2D eigenvalue weighted by Crippen LogP contribution is -2.42. The Labute approximate surface area is 112 Å². The smallest absolute Gasteiger partial charge is 0.308 e. The molecule has 18 heavy (non-hydrogen) atoms. The number of nitrogens with one attached hydrogen (secondary N) is 2. The van der Waals surface area contributed by atoms with Crippen LogP contribution in [-0.4, -0.2) is 30.7 Å². The van der Waals surface area contributed by atoms with Gasteiger partial charge in [0.15, 0.2) is 11.5 Å². The highest BCUT2D eigenvalue weighted by atomic mass is 35.5. The molecule has 0 amide bonds. The highest BCUT2D eigenvalue weighted by Crippen LogP contribution is 2.29. The van der Waals surface area contributed by atoms with Crippen molar-refractivity contribution >= 4 is 18.4 Å². The van der Waals surface area contributed by atoms with Crippen molar-refractivity contribution in [1.29, 1.82) is 0 Å². The molecule has 0 radical (unpaired) electrons. The van der Waals surface area contributed by atoms with Crippen LogP contribution in [0.5, 0.6) is 11.5 Å². The first-order valence-electron chi connectivity index (χ1n) is 5.62. The van der Waals surface area contributed by atoms with E-state index in [0.29, 0.717) is 0 Å². The van der Waals surface area contributed by atoms with Crippen molar-refractivity contribution in [2.45, 2.75) is 13.0 Å². The summed E-state index contributed by atoms with van der Waals surface area (Å²) in [5, 5.41) is 16.4. The Hall–Kier alpha value is -1.30. The largest absolute Gasteiger partial charge is 0.504 e. The van der Waals surface area contributed by atoms with Gasteiger partial charge in [0.05, 0.1) is 0 Å². The van der Waals surface area contributed by atoms with E-state index < -0.39 is 5.97 Å². The van der Waals surface area contributed by atoms with E-state index in [0.717, 1.165) is 25.2 Å². The second-order valence-electron chi connectivity index (χ2n) is 4.03. The van der Waals surface area contributed by atoms with E-state index in [-0.39, 0.29) is 29.9 Å². The Morgan fingerprint density at radius 2 is 2.22 bits per heavy atom. The zero-order valence-corrected chi connectivity index (χ0v) is 10.9. The van der Waals surface area contributed by atoms with Crippen LogP contribution in [0.1, 0.15) is 18.5 Å². The number of aromatic hydroxyl groups is 1. The molecular weight excluding hydrogens is 256 g/mol. The molecule has 100 valence electrons. The lowest BCUT2D eigenvalue weighted by molar-refractivity contribution is -0.132. The molecule has 0 saturated carbocycles. The van der Waals surface area contributed by atoms with Crippen LogP contribution in [0.15, 0.2) is 18.2 Å². The molecule has 0 unspecified atom stereocenters. The van der Waals surface area contributed by atoms with Gasteiger partial charge in [0.25, 0.3) is 0 Å². The lowest BCUT2D eigenvalue weighted by atomic mass is 10.0. The fraction of sp³-hybridized carbons (Fsp3) is 0.417. The first kappa shape index (κ1) is 14.8. The number of phenols is 1. The Kier molecular flexibility index (Phi) is 5.40. The number of benzene rings is 1. The van der Waals surface area contributed by atoms with Gasteiger partial charge in [-0.05, 0) is 17.7 Å². The molecule has 1 atom stereocenters. The summed E-state index contributed by atoms with van der Waals surface area (Å²) in [6.07, 6.45) is 0. The molecule has 0 bridgehead atoms. The number of esters is 1. The second-order valence-corrected chi connectivity index (χ2v) is 4.03. The van der Waals surface area contributed by atoms with Gasteiger partial charge in [-0.1, -0.05) is 6.07 Å². The Balaban J connectivity index is 0.00000162. The fourth-order valence-corrected chi connectivity index (χ4v) is 1.88. The van der Waals surface area contributed by atoms with E-state index in [1.165, 1.54) is 6.92 Å². The standard InChI is InChI=1S/C12H16N2O3.ClH/c1-8(15)17-12-3-2-9(6-11(12)16)10-7-13-4-5-14-10;/h2-3,6,10,13-14,16H,4-5,7H2,1H3;1H/t10-;/m1./s1. The molecule has 5 nitrogen and oxygen atoms in total. The van der Waals surface area contributed by atoms with Gasteiger partial charge in [-0.2, -0.15) is 0 Å². The molecule has 1 aromatic carbocycles. The van der Waals surface area contributed by atoms with Crippen molar-refractivity contribution in [3.8, 4) is 11.5 Å². The number of ether oxygens (including phenoxy) is 1. The number of halogens is 1. The Morgan fingerprint density at radius 1 is 1.44 bits per heavy atom. The summed E-state index contributed by atoms with van der Waals surface area (Å²) in [5.41, 5.74) is 0.977. The third kappa shape index (κ3) is 3.60. The predicted octanol–water partition coefficient (Wildman–Crippen LogP) is 0.973. The maximum atomic E-state index is 10.8. The second kappa shape index (κ2) is 6.58. The summed E-state index contributed by atoms with van der Waals surface area (Å²) in [4.78, 5) is 10.8. The van der Waals surface area contributed by atoms with Gasteiger partial charge >= 0.3 is 5.97 Å². The van der Waals surface area contributed by atoms with E-state index in [1.807, 2.05) is 6.07 Å². The number of hydrogen-bond donors (Lipinski definition) is 3. The first-order valence-corrected chi connectivity index (χ1v) is 5.62. The molecule has 1 aromatic rings. The molecule has 0 spiro atoms. The number of phenolic OH excluding ortho intramolecular Hbond substituents is 1. The molecule has 0 aliphatic carbocycles. The van der Waals surface area contributed by atoms with Crippen molar-refractivity contribution in [3.63, 3.8) is 0 Å². The lowest BCUT2D eigenvalue weighted by Gasteiger charge is -2.25. The van der Waals surface area contributed by atoms with Crippen molar-refractivity contribution in [2.24, 2.45) is 0 Å². The number of hydrogen-bond acceptors (Lipinski definition) is 5. The van der Waals surface area contributed by atoms with Gasteiger partial charge in [-0.15, -0.1) is 12.4 Å². The topological polar surface area (TPSA) is 70.6 Å². The summed E-state index contributed by atoms with van der Waals surface area (Å²) in [6.45, 7) is 3.98. The maximum absolute atomic E-state index is 10.8. The molecule has 1 aliphatic heterocycles. The zero-order valence-electron chi connectivity index (χ0n) is 10.1. The van der Waals surface area contributed by atoms with E-state index in [1.54, 1.807) is 12.1 Å². The van der Waals surface area contributed by atoms with Crippen molar-refractivity contribution < 1.29 is 14.6 Å². The molecule has 6 heteroatoms. The van der Waals surface area contributed by atoms with E-state index in [2.05, 4.69) is 10.6 Å². The number of rotatable bonds is 2. The SMILES string of the molecule is CC(=O)Oc1ccc([C@H]2CNCCN2)cc1O.Cl. The summed E-state index contributed by atoms with van der Waals surface area (Å²) in [7, 11) is 0. The minimum Gasteiger partial charge on any atom is -0.504 e. The summed E-state index contributed by atoms with van der Waals surface area (Å²) in [5.74, 6) is -0.249. The molecule has 1 saturated heterocycles. The van der Waals surface area contributed by atoms with Gasteiger partial charge in [-0.25, -0.2) is 0 Å². The molecule has 1 fully saturated rings. The van der Waals surface area contributed by atoms with Crippen LogP contribution >= 0.6 is 12.4 Å². The predicted molar refractivity (Wildman–Crippen MR) is 70.3 cm³/mol. The van der Waals surface area contributed by atoms with Crippen LogP contribution in [0.4, 0.5) is 0 Å². The maximum Gasteiger partial charge on any atom is 0.308 e. The quantitative estimate of drug-likeness (QED) is 0.553. The van der Waals surface area contributed by atoms with Crippen LogP contribution in [0.3, 0.4) is 0 Å². The average Bonchev–Trinajstić information content (AvgIpc) is 2.32. The zero-order chi connectivity index (χ0) is 12.3. The minimum atomic E-state index is -0.439. The third-order valence-electron chi connectivity index (χ3n) is 2.68. The number of carbonyl (C=O) groups is 1. The van der Waals surface area contributed by atoms with E-state index in [9.17, 15) is 9.90 Å². The van der Waals surface area contributed by atoms with Crippen LogP contribution in [0, 0.1) is 0 Å². The highest BCUT2D eigenvalue weighted by Gasteiger charge is 2.16. The monoisotopic (exact) mass is 272 g/mol. The number of carbonyl (C=O) groups excluding carboxylic acids is 1. The average molecular weight is 273 g/mol. The molecule has 1 heterocycles. The molecule has 3 N–H and O–H groups in total. The Morgan fingerprint density at radius 3 is 2.78 bits per heavy atom. The van der Waals surface area contributed by atoms with Crippen LogP contribution < -0.4 is 15.4 Å². The molecule has 1 aliphatic rings. The number of piperazine rings is 1.